The highest BCUT2D eigenvalue weighted by atomic mass is 19.4. The second-order valence-corrected chi connectivity index (χ2v) is 7.59. The van der Waals surface area contributed by atoms with Gasteiger partial charge < -0.3 is 14.5 Å². The van der Waals surface area contributed by atoms with Gasteiger partial charge in [0.25, 0.3) is 5.91 Å². The lowest BCUT2D eigenvalue weighted by atomic mass is 10.1. The molecule has 3 aromatic rings. The molecule has 2 heterocycles. The fraction of sp³-hybridized carbons (Fsp3) is 0.292. The predicted molar refractivity (Wildman–Crippen MR) is 118 cm³/mol. The molecule has 6 nitrogen and oxygen atoms in total. The quantitative estimate of drug-likeness (QED) is 0.565. The van der Waals surface area contributed by atoms with Gasteiger partial charge in [-0.3, -0.25) is 4.79 Å². The van der Waals surface area contributed by atoms with E-state index in [4.69, 9.17) is 4.74 Å². The minimum Gasteiger partial charge on any atom is -0.494 e. The molecule has 1 fully saturated rings. The number of hydrogen-bond acceptors (Lipinski definition) is 5. The van der Waals surface area contributed by atoms with Crippen molar-refractivity contribution in [1.82, 2.24) is 15.1 Å². The molecule has 0 saturated carbocycles. The maximum atomic E-state index is 12.9. The highest BCUT2D eigenvalue weighted by Gasteiger charge is 2.31. The van der Waals surface area contributed by atoms with Crippen LogP contribution in [0.1, 0.15) is 22.8 Å². The van der Waals surface area contributed by atoms with Gasteiger partial charge >= 0.3 is 6.18 Å². The standard InChI is InChI=1S/C24H23F3N4O2/c1-2-33-20-8-6-17(7-9-20)21-10-11-22(29-28-21)30-12-14-31(15-13-30)23(32)18-4-3-5-19(16-18)24(25,26)27/h3-11,16H,2,12-15H2,1H3. The number of rotatable bonds is 5. The molecular weight excluding hydrogens is 433 g/mol. The number of hydrogen-bond donors (Lipinski definition) is 0. The first kappa shape index (κ1) is 22.6. The van der Waals surface area contributed by atoms with Crippen LogP contribution in [0.15, 0.2) is 60.7 Å². The summed E-state index contributed by atoms with van der Waals surface area (Å²) in [6.07, 6.45) is -4.48. The zero-order valence-corrected chi connectivity index (χ0v) is 18.0. The van der Waals surface area contributed by atoms with Crippen molar-refractivity contribution < 1.29 is 22.7 Å². The first-order valence-corrected chi connectivity index (χ1v) is 10.6. The van der Waals surface area contributed by atoms with Gasteiger partial charge in [0, 0.05) is 37.3 Å². The lowest BCUT2D eigenvalue weighted by Crippen LogP contribution is -2.49. The first-order valence-electron chi connectivity index (χ1n) is 10.6. The fourth-order valence-corrected chi connectivity index (χ4v) is 3.69. The Labute approximate surface area is 189 Å². The van der Waals surface area contributed by atoms with Gasteiger partial charge in [-0.25, -0.2) is 0 Å². The second-order valence-electron chi connectivity index (χ2n) is 7.59. The number of ether oxygens (including phenoxy) is 1. The van der Waals surface area contributed by atoms with Crippen LogP contribution in [-0.2, 0) is 6.18 Å². The average Bonchev–Trinajstić information content (AvgIpc) is 2.84. The van der Waals surface area contributed by atoms with Crippen molar-refractivity contribution in [3.05, 3.63) is 71.8 Å². The third-order valence-electron chi connectivity index (χ3n) is 5.44. The van der Waals surface area contributed by atoms with Gasteiger partial charge in [0.15, 0.2) is 5.82 Å². The molecule has 4 rings (SSSR count). The van der Waals surface area contributed by atoms with Crippen LogP contribution in [-0.4, -0.2) is 53.8 Å². The van der Waals surface area contributed by atoms with Crippen molar-refractivity contribution in [2.45, 2.75) is 13.1 Å². The van der Waals surface area contributed by atoms with Crippen LogP contribution in [0.2, 0.25) is 0 Å². The topological polar surface area (TPSA) is 58.6 Å². The number of aromatic nitrogens is 2. The highest BCUT2D eigenvalue weighted by Crippen LogP contribution is 2.30. The largest absolute Gasteiger partial charge is 0.494 e. The van der Waals surface area contributed by atoms with Crippen LogP contribution in [0.25, 0.3) is 11.3 Å². The van der Waals surface area contributed by atoms with E-state index in [0.29, 0.717) is 38.6 Å². The summed E-state index contributed by atoms with van der Waals surface area (Å²) in [7, 11) is 0. The summed E-state index contributed by atoms with van der Waals surface area (Å²) in [4.78, 5) is 16.3. The van der Waals surface area contributed by atoms with Crippen molar-refractivity contribution in [3.8, 4) is 17.0 Å². The molecule has 0 N–H and O–H groups in total. The van der Waals surface area contributed by atoms with Gasteiger partial charge in [0.1, 0.15) is 5.75 Å². The zero-order valence-electron chi connectivity index (χ0n) is 18.0. The molecule has 0 atom stereocenters. The number of carbonyl (C=O) groups is 1. The first-order chi connectivity index (χ1) is 15.8. The molecule has 1 saturated heterocycles. The summed E-state index contributed by atoms with van der Waals surface area (Å²) in [6, 6.07) is 15.9. The molecule has 0 spiro atoms. The smallest absolute Gasteiger partial charge is 0.416 e. The van der Waals surface area contributed by atoms with E-state index in [1.54, 1.807) is 4.90 Å². The van der Waals surface area contributed by atoms with E-state index >= 15 is 0 Å². The summed E-state index contributed by atoms with van der Waals surface area (Å²) in [5.41, 5.74) is 0.877. The van der Waals surface area contributed by atoms with Gasteiger partial charge in [-0.1, -0.05) is 6.07 Å². The minimum absolute atomic E-state index is 0.0396. The van der Waals surface area contributed by atoms with Crippen LogP contribution in [0.4, 0.5) is 19.0 Å². The summed E-state index contributed by atoms with van der Waals surface area (Å²) in [6.45, 7) is 4.34. The molecule has 0 bridgehead atoms. The Balaban J connectivity index is 1.37. The average molecular weight is 456 g/mol. The molecule has 1 aliphatic rings. The number of alkyl halides is 3. The molecule has 0 radical (unpaired) electrons. The van der Waals surface area contributed by atoms with E-state index < -0.39 is 17.6 Å². The summed E-state index contributed by atoms with van der Waals surface area (Å²) >= 11 is 0. The van der Waals surface area contributed by atoms with Crippen LogP contribution >= 0.6 is 0 Å². The Morgan fingerprint density at radius 3 is 2.30 bits per heavy atom. The maximum Gasteiger partial charge on any atom is 0.416 e. The Bertz CT molecular complexity index is 1090. The third kappa shape index (κ3) is 5.24. The summed E-state index contributed by atoms with van der Waals surface area (Å²) < 4.78 is 44.3. The fourth-order valence-electron chi connectivity index (χ4n) is 3.69. The lowest BCUT2D eigenvalue weighted by Gasteiger charge is -2.35. The molecule has 172 valence electrons. The molecule has 33 heavy (non-hydrogen) atoms. The van der Waals surface area contributed by atoms with E-state index in [9.17, 15) is 18.0 Å². The minimum atomic E-state index is -4.48. The number of anilines is 1. The molecule has 1 amide bonds. The zero-order chi connectivity index (χ0) is 23.4. The van der Waals surface area contributed by atoms with E-state index in [0.717, 1.165) is 29.1 Å². The van der Waals surface area contributed by atoms with Crippen LogP contribution in [0.5, 0.6) is 5.75 Å². The number of halogens is 3. The van der Waals surface area contributed by atoms with E-state index in [-0.39, 0.29) is 5.56 Å². The van der Waals surface area contributed by atoms with Gasteiger partial charge in [-0.2, -0.15) is 13.2 Å². The molecule has 0 unspecified atom stereocenters. The van der Waals surface area contributed by atoms with Gasteiger partial charge in [-0.15, -0.1) is 10.2 Å². The Morgan fingerprint density at radius 2 is 1.70 bits per heavy atom. The Hall–Kier alpha value is -3.62. The molecular formula is C24H23F3N4O2. The molecule has 9 heteroatoms. The second kappa shape index (κ2) is 9.48. The summed E-state index contributed by atoms with van der Waals surface area (Å²) in [5, 5.41) is 8.64. The van der Waals surface area contributed by atoms with Crippen LogP contribution in [0, 0.1) is 0 Å². The highest BCUT2D eigenvalue weighted by molar-refractivity contribution is 5.94. The third-order valence-corrected chi connectivity index (χ3v) is 5.44. The SMILES string of the molecule is CCOc1ccc(-c2ccc(N3CCN(C(=O)c4cccc(C(F)(F)F)c4)CC3)nn2)cc1. The summed E-state index contributed by atoms with van der Waals surface area (Å²) in [5.74, 6) is 1.08. The number of nitrogens with zero attached hydrogens (tertiary/aromatic N) is 4. The number of benzene rings is 2. The normalized spacial score (nSPS) is 14.3. The van der Waals surface area contributed by atoms with E-state index in [1.807, 2.05) is 48.2 Å². The molecule has 1 aliphatic heterocycles. The van der Waals surface area contributed by atoms with Crippen LogP contribution in [0.3, 0.4) is 0 Å². The number of amides is 1. The monoisotopic (exact) mass is 456 g/mol. The van der Waals surface area contributed by atoms with Gasteiger partial charge in [0.2, 0.25) is 0 Å². The van der Waals surface area contributed by atoms with Crippen LogP contribution < -0.4 is 9.64 Å². The van der Waals surface area contributed by atoms with E-state index in [2.05, 4.69) is 10.2 Å². The Morgan fingerprint density at radius 1 is 0.970 bits per heavy atom. The van der Waals surface area contributed by atoms with Crippen molar-refractivity contribution >= 4 is 11.7 Å². The number of carbonyl (C=O) groups excluding carboxylic acids is 1. The molecule has 0 aliphatic carbocycles. The molecule has 2 aromatic carbocycles. The molecule has 1 aromatic heterocycles. The predicted octanol–water partition coefficient (Wildman–Crippen LogP) is 4.52. The van der Waals surface area contributed by atoms with Crippen molar-refractivity contribution in [3.63, 3.8) is 0 Å². The number of piperazine rings is 1. The maximum absolute atomic E-state index is 12.9. The van der Waals surface area contributed by atoms with Crippen molar-refractivity contribution in [2.24, 2.45) is 0 Å². The lowest BCUT2D eigenvalue weighted by molar-refractivity contribution is -0.137. The Kier molecular flexibility index (Phi) is 6.48. The van der Waals surface area contributed by atoms with E-state index in [1.165, 1.54) is 12.1 Å². The van der Waals surface area contributed by atoms with Gasteiger partial charge in [-0.05, 0) is 61.5 Å². The van der Waals surface area contributed by atoms with Crippen molar-refractivity contribution in [1.29, 1.82) is 0 Å². The van der Waals surface area contributed by atoms with Gasteiger partial charge in [0.05, 0.1) is 17.9 Å². The van der Waals surface area contributed by atoms with Crippen molar-refractivity contribution in [2.75, 3.05) is 37.7 Å².